The molecule has 1 amide bonds. The van der Waals surface area contributed by atoms with E-state index in [9.17, 15) is 13.2 Å². The summed E-state index contributed by atoms with van der Waals surface area (Å²) in [5.41, 5.74) is 11.8. The van der Waals surface area contributed by atoms with Crippen molar-refractivity contribution in [2.75, 3.05) is 5.73 Å². The highest BCUT2D eigenvalue weighted by Gasteiger charge is 2.22. The summed E-state index contributed by atoms with van der Waals surface area (Å²) in [6.45, 7) is 1.67. The van der Waals surface area contributed by atoms with Crippen molar-refractivity contribution < 1.29 is 13.2 Å². The van der Waals surface area contributed by atoms with Crippen LogP contribution in [-0.4, -0.2) is 24.3 Å². The summed E-state index contributed by atoms with van der Waals surface area (Å²) >= 11 is 4.51. The Morgan fingerprint density at radius 2 is 2.08 bits per heavy atom. The van der Waals surface area contributed by atoms with Gasteiger partial charge in [0.05, 0.1) is 17.3 Å². The summed E-state index contributed by atoms with van der Waals surface area (Å²) in [5, 5.41) is 2.24. The van der Waals surface area contributed by atoms with Crippen LogP contribution in [0.4, 0.5) is 5.82 Å². The third kappa shape index (κ3) is 3.56. The van der Waals surface area contributed by atoms with E-state index < -0.39 is 22.0 Å². The van der Waals surface area contributed by atoms with Gasteiger partial charge in [-0.1, -0.05) is 6.07 Å². The van der Waals surface area contributed by atoms with Gasteiger partial charge in [0.25, 0.3) is 15.9 Å². The summed E-state index contributed by atoms with van der Waals surface area (Å²) < 4.78 is 28.2. The van der Waals surface area contributed by atoms with Gasteiger partial charge in [-0.25, -0.2) is 23.1 Å². The van der Waals surface area contributed by atoms with Crippen molar-refractivity contribution in [3.8, 4) is 0 Å². The van der Waals surface area contributed by atoms with Gasteiger partial charge in [-0.3, -0.25) is 4.79 Å². The van der Waals surface area contributed by atoms with Crippen molar-refractivity contribution in [1.29, 1.82) is 0 Å². The molecule has 11 heteroatoms. The second-order valence-electron chi connectivity index (χ2n) is 5.46. The molecular weight excluding hydrogens is 442 g/mol. The molecule has 3 heterocycles. The average molecular weight is 456 g/mol. The van der Waals surface area contributed by atoms with Crippen LogP contribution in [0.2, 0.25) is 0 Å². The number of thiophene rings is 1. The first-order chi connectivity index (χ1) is 12.2. The van der Waals surface area contributed by atoms with Gasteiger partial charge in [0, 0.05) is 9.86 Å². The molecule has 0 aliphatic rings. The topological polar surface area (TPSA) is 141 Å². The molecule has 8 nitrogen and oxygen atoms in total. The molecule has 3 rings (SSSR count). The van der Waals surface area contributed by atoms with E-state index in [0.29, 0.717) is 15.6 Å². The Morgan fingerprint density at radius 3 is 2.69 bits per heavy atom. The van der Waals surface area contributed by atoms with Gasteiger partial charge in [0.15, 0.2) is 5.65 Å². The predicted molar refractivity (Wildman–Crippen MR) is 103 cm³/mol. The van der Waals surface area contributed by atoms with Gasteiger partial charge < -0.3 is 11.5 Å². The number of nitrogens with zero attached hydrogens (tertiary/aromatic N) is 2. The molecule has 1 atom stereocenters. The van der Waals surface area contributed by atoms with E-state index in [2.05, 4.69) is 30.6 Å². The van der Waals surface area contributed by atoms with E-state index >= 15 is 0 Å². The third-order valence-electron chi connectivity index (χ3n) is 3.58. The number of amides is 1. The number of nitrogens with two attached hydrogens (primary N) is 2. The number of primary amides is 1. The van der Waals surface area contributed by atoms with Crippen LogP contribution >= 0.6 is 27.3 Å². The maximum absolute atomic E-state index is 12.4. The van der Waals surface area contributed by atoms with Crippen LogP contribution in [0.3, 0.4) is 0 Å². The molecule has 5 N–H and O–H groups in total. The van der Waals surface area contributed by atoms with Crippen molar-refractivity contribution in [1.82, 2.24) is 14.7 Å². The highest BCUT2D eigenvalue weighted by molar-refractivity contribution is 9.10. The van der Waals surface area contributed by atoms with Crippen LogP contribution in [0.5, 0.6) is 0 Å². The number of nitrogen functional groups attached to an aromatic ring is 1. The van der Waals surface area contributed by atoms with Crippen molar-refractivity contribution in [2.24, 2.45) is 5.73 Å². The van der Waals surface area contributed by atoms with Gasteiger partial charge >= 0.3 is 0 Å². The largest absolute Gasteiger partial charge is 0.383 e. The molecule has 0 saturated heterocycles. The molecular formula is C15H14BrN5O3S2. The Balaban J connectivity index is 2.01. The molecule has 0 aromatic carbocycles. The molecule has 0 aliphatic carbocycles. The van der Waals surface area contributed by atoms with Crippen molar-refractivity contribution in [2.45, 2.75) is 17.2 Å². The Kier molecular flexibility index (Phi) is 4.97. The van der Waals surface area contributed by atoms with Crippen LogP contribution in [0.25, 0.3) is 11.0 Å². The van der Waals surface area contributed by atoms with E-state index in [0.717, 1.165) is 11.3 Å². The van der Waals surface area contributed by atoms with E-state index in [1.807, 2.05) is 0 Å². The van der Waals surface area contributed by atoms with Gasteiger partial charge in [0.1, 0.15) is 10.0 Å². The fourth-order valence-electron chi connectivity index (χ4n) is 2.37. The molecule has 0 bridgehead atoms. The number of halogens is 1. The number of pyridine rings is 2. The van der Waals surface area contributed by atoms with E-state index in [-0.39, 0.29) is 21.2 Å². The Bertz CT molecular complexity index is 1100. The van der Waals surface area contributed by atoms with E-state index in [1.54, 1.807) is 24.4 Å². The zero-order valence-electron chi connectivity index (χ0n) is 13.4. The van der Waals surface area contributed by atoms with Gasteiger partial charge in [0.2, 0.25) is 0 Å². The lowest BCUT2D eigenvalue weighted by Crippen LogP contribution is -2.27. The second-order valence-corrected chi connectivity index (χ2v) is 9.21. The first-order valence-electron chi connectivity index (χ1n) is 7.31. The van der Waals surface area contributed by atoms with Crippen molar-refractivity contribution in [3.63, 3.8) is 0 Å². The molecule has 3 aromatic rings. The highest BCUT2D eigenvalue weighted by atomic mass is 79.9. The number of hydrogen-bond acceptors (Lipinski definition) is 7. The van der Waals surface area contributed by atoms with Crippen LogP contribution in [0.1, 0.15) is 29.0 Å². The fourth-order valence-corrected chi connectivity index (χ4v) is 5.27. The number of nitrogens with one attached hydrogen (secondary N) is 1. The fraction of sp³-hybridized carbons (Fsp3) is 0.133. The first kappa shape index (κ1) is 18.7. The number of aromatic nitrogens is 2. The van der Waals surface area contributed by atoms with Crippen LogP contribution in [0, 0.1) is 0 Å². The van der Waals surface area contributed by atoms with Crippen molar-refractivity contribution >= 4 is 60.0 Å². The van der Waals surface area contributed by atoms with Gasteiger partial charge in [-0.05, 0) is 46.4 Å². The molecule has 0 saturated carbocycles. The molecule has 26 heavy (non-hydrogen) atoms. The monoisotopic (exact) mass is 455 g/mol. The number of anilines is 1. The molecule has 136 valence electrons. The lowest BCUT2D eigenvalue weighted by Gasteiger charge is -2.15. The zero-order chi connectivity index (χ0) is 19.1. The molecule has 0 aliphatic heterocycles. The van der Waals surface area contributed by atoms with Gasteiger partial charge in [-0.15, -0.1) is 11.3 Å². The Hall–Kier alpha value is -2.08. The molecule has 1 unspecified atom stereocenters. The molecule has 0 fully saturated rings. The molecule has 3 aromatic heterocycles. The lowest BCUT2D eigenvalue weighted by atomic mass is 10.1. The summed E-state index contributed by atoms with van der Waals surface area (Å²) in [6.07, 6.45) is 0. The number of rotatable bonds is 5. The summed E-state index contributed by atoms with van der Waals surface area (Å²) in [7, 11) is -3.66. The lowest BCUT2D eigenvalue weighted by molar-refractivity contribution is 0.100. The van der Waals surface area contributed by atoms with Crippen LogP contribution in [-0.2, 0) is 10.0 Å². The standard InChI is InChI=1S/C15H14BrN5O3S2/c1-7(21-26(23,24)11-3-2-4-25-11)12-10(16)6-8-5-9(14(18)22)13(17)20-15(8)19-12/h2-7,21H,1H3,(H2,18,22)(H2,17,19,20). The smallest absolute Gasteiger partial charge is 0.252 e. The Labute approximate surface area is 161 Å². The number of carbonyl (C=O) groups excluding carboxylic acids is 1. The number of carbonyl (C=O) groups is 1. The first-order valence-corrected chi connectivity index (χ1v) is 10.5. The Morgan fingerprint density at radius 1 is 1.35 bits per heavy atom. The molecule has 0 spiro atoms. The minimum Gasteiger partial charge on any atom is -0.383 e. The highest BCUT2D eigenvalue weighted by Crippen LogP contribution is 2.28. The minimum atomic E-state index is -3.66. The number of sulfonamides is 1. The maximum Gasteiger partial charge on any atom is 0.252 e. The third-order valence-corrected chi connectivity index (χ3v) is 7.15. The van der Waals surface area contributed by atoms with Gasteiger partial charge in [-0.2, -0.15) is 0 Å². The predicted octanol–water partition coefficient (Wildman–Crippen LogP) is 2.17. The van der Waals surface area contributed by atoms with Crippen LogP contribution < -0.4 is 16.2 Å². The average Bonchev–Trinajstić information content (AvgIpc) is 3.08. The number of fused-ring (bicyclic) bond motifs is 1. The second kappa shape index (κ2) is 6.91. The minimum absolute atomic E-state index is 0.0300. The van der Waals surface area contributed by atoms with E-state index in [1.165, 1.54) is 12.1 Å². The van der Waals surface area contributed by atoms with Crippen molar-refractivity contribution in [3.05, 3.63) is 45.4 Å². The zero-order valence-corrected chi connectivity index (χ0v) is 16.7. The van der Waals surface area contributed by atoms with E-state index in [4.69, 9.17) is 11.5 Å². The maximum atomic E-state index is 12.4. The SMILES string of the molecule is CC(NS(=O)(=O)c1cccs1)c1nc2nc(N)c(C(N)=O)cc2cc1Br. The summed E-state index contributed by atoms with van der Waals surface area (Å²) in [5.74, 6) is -0.716. The molecule has 0 radical (unpaired) electrons. The summed E-state index contributed by atoms with van der Waals surface area (Å²) in [6, 6.07) is 5.75. The van der Waals surface area contributed by atoms with Crippen LogP contribution in [0.15, 0.2) is 38.3 Å². The number of hydrogen-bond donors (Lipinski definition) is 3. The normalized spacial score (nSPS) is 13.0. The summed E-state index contributed by atoms with van der Waals surface area (Å²) in [4.78, 5) is 19.9. The quantitative estimate of drug-likeness (QED) is 0.537.